The fourth-order valence-corrected chi connectivity index (χ4v) is 4.09. The largest absolute Gasteiger partial charge is 0.298 e. The van der Waals surface area contributed by atoms with Gasteiger partial charge in [-0.1, -0.05) is 6.42 Å². The summed E-state index contributed by atoms with van der Waals surface area (Å²) in [4.78, 5) is 11.2. The molecular formula is C14H23N3S. The molecule has 3 heterocycles. The number of thiazole rings is 1. The van der Waals surface area contributed by atoms with E-state index in [0.717, 1.165) is 12.6 Å². The Labute approximate surface area is 114 Å². The highest BCUT2D eigenvalue weighted by Gasteiger charge is 2.32. The van der Waals surface area contributed by atoms with Crippen LogP contribution in [0.5, 0.6) is 0 Å². The first-order valence-electron chi connectivity index (χ1n) is 7.12. The maximum Gasteiger partial charge on any atom is 0.107 e. The van der Waals surface area contributed by atoms with Crippen molar-refractivity contribution in [3.8, 4) is 0 Å². The van der Waals surface area contributed by atoms with E-state index in [1.165, 1.54) is 48.8 Å². The number of piperazine rings is 1. The molecule has 0 N–H and O–H groups in total. The van der Waals surface area contributed by atoms with Crippen molar-refractivity contribution in [3.05, 3.63) is 16.1 Å². The lowest BCUT2D eigenvalue weighted by molar-refractivity contribution is 0.0110. The molecule has 3 nitrogen and oxygen atoms in total. The number of fused-ring (bicyclic) bond motifs is 1. The average molecular weight is 265 g/mol. The van der Waals surface area contributed by atoms with Crippen molar-refractivity contribution in [1.82, 2.24) is 14.8 Å². The van der Waals surface area contributed by atoms with Gasteiger partial charge in [0.2, 0.25) is 0 Å². The molecule has 3 rings (SSSR count). The summed E-state index contributed by atoms with van der Waals surface area (Å²) < 4.78 is 0. The molecule has 2 aliphatic rings. The predicted octanol–water partition coefficient (Wildman–Crippen LogP) is 2.51. The zero-order chi connectivity index (χ0) is 12.5. The average Bonchev–Trinajstić information content (AvgIpc) is 2.76. The fourth-order valence-electron chi connectivity index (χ4n) is 3.28. The van der Waals surface area contributed by atoms with E-state index in [9.17, 15) is 0 Å². The minimum atomic E-state index is 0.670. The molecule has 1 aromatic heterocycles. The molecule has 0 saturated carbocycles. The van der Waals surface area contributed by atoms with Crippen molar-refractivity contribution in [3.63, 3.8) is 0 Å². The third-order valence-corrected chi connectivity index (χ3v) is 5.22. The van der Waals surface area contributed by atoms with Crippen LogP contribution in [0.1, 0.15) is 36.1 Å². The van der Waals surface area contributed by atoms with Crippen LogP contribution in [-0.4, -0.2) is 46.5 Å². The molecule has 4 heteroatoms. The molecule has 2 aliphatic heterocycles. The number of nitrogens with zero attached hydrogens (tertiary/aromatic N) is 3. The van der Waals surface area contributed by atoms with Gasteiger partial charge in [-0.3, -0.25) is 9.80 Å². The second-order valence-electron chi connectivity index (χ2n) is 5.79. The third kappa shape index (κ3) is 2.60. The molecule has 18 heavy (non-hydrogen) atoms. The zero-order valence-electron chi connectivity index (χ0n) is 11.4. The highest BCUT2D eigenvalue weighted by atomic mass is 32.1. The molecule has 0 radical (unpaired) electrons. The Bertz CT molecular complexity index is 403. The molecule has 2 atom stereocenters. The van der Waals surface area contributed by atoms with E-state index < -0.39 is 0 Å². The van der Waals surface area contributed by atoms with Crippen molar-refractivity contribution in [2.24, 2.45) is 0 Å². The van der Waals surface area contributed by atoms with Crippen LogP contribution in [-0.2, 0) is 6.54 Å². The Balaban J connectivity index is 1.65. The van der Waals surface area contributed by atoms with Crippen molar-refractivity contribution < 1.29 is 0 Å². The van der Waals surface area contributed by atoms with Gasteiger partial charge in [-0.2, -0.15) is 0 Å². The first-order chi connectivity index (χ1) is 8.72. The van der Waals surface area contributed by atoms with Gasteiger partial charge >= 0.3 is 0 Å². The normalized spacial score (nSPS) is 30.3. The van der Waals surface area contributed by atoms with E-state index in [0.29, 0.717) is 6.04 Å². The first kappa shape index (κ1) is 12.6. The lowest BCUT2D eigenvalue weighted by Gasteiger charge is -2.47. The molecule has 0 amide bonds. The molecule has 0 bridgehead atoms. The summed E-state index contributed by atoms with van der Waals surface area (Å²) in [6.07, 6.45) is 6.20. The smallest absolute Gasteiger partial charge is 0.107 e. The Morgan fingerprint density at radius 2 is 2.28 bits per heavy atom. The van der Waals surface area contributed by atoms with E-state index in [1.807, 2.05) is 17.5 Å². The standard InChI is InChI=1S/C14H23N3S/c1-11-8-16-6-4-3-5-13(16)9-17(11)10-14-15-7-12(2)18-14/h7,11,13H,3-6,8-10H2,1-2H3. The Morgan fingerprint density at radius 1 is 1.39 bits per heavy atom. The number of piperidine rings is 1. The highest BCUT2D eigenvalue weighted by molar-refractivity contribution is 7.11. The van der Waals surface area contributed by atoms with Crippen molar-refractivity contribution in [1.29, 1.82) is 0 Å². The molecule has 0 aromatic carbocycles. The maximum absolute atomic E-state index is 4.51. The number of hydrogen-bond donors (Lipinski definition) is 0. The van der Waals surface area contributed by atoms with Gasteiger partial charge in [0.25, 0.3) is 0 Å². The summed E-state index contributed by atoms with van der Waals surface area (Å²) >= 11 is 1.85. The molecule has 2 unspecified atom stereocenters. The van der Waals surface area contributed by atoms with Gasteiger partial charge in [0.1, 0.15) is 5.01 Å². The predicted molar refractivity (Wildman–Crippen MR) is 75.9 cm³/mol. The van der Waals surface area contributed by atoms with Crippen LogP contribution in [0, 0.1) is 6.92 Å². The van der Waals surface area contributed by atoms with Crippen molar-refractivity contribution >= 4 is 11.3 Å². The quantitative estimate of drug-likeness (QED) is 0.819. The fraction of sp³-hybridized carbons (Fsp3) is 0.786. The topological polar surface area (TPSA) is 19.4 Å². The summed E-state index contributed by atoms with van der Waals surface area (Å²) in [7, 11) is 0. The van der Waals surface area contributed by atoms with Crippen molar-refractivity contribution in [2.45, 2.75) is 51.7 Å². The lowest BCUT2D eigenvalue weighted by atomic mass is 9.97. The van der Waals surface area contributed by atoms with E-state index in [1.54, 1.807) is 0 Å². The van der Waals surface area contributed by atoms with Gasteiger partial charge in [0.05, 0.1) is 6.54 Å². The molecule has 1 aromatic rings. The second kappa shape index (κ2) is 5.27. The van der Waals surface area contributed by atoms with Gasteiger partial charge in [0.15, 0.2) is 0 Å². The van der Waals surface area contributed by atoms with Gasteiger partial charge in [-0.25, -0.2) is 4.98 Å². The van der Waals surface area contributed by atoms with Gasteiger partial charge in [0, 0.05) is 36.2 Å². The molecule has 100 valence electrons. The van der Waals surface area contributed by atoms with Crippen molar-refractivity contribution in [2.75, 3.05) is 19.6 Å². The maximum atomic E-state index is 4.51. The summed E-state index contributed by atoms with van der Waals surface area (Å²) in [5, 5.41) is 1.28. The minimum absolute atomic E-state index is 0.670. The first-order valence-corrected chi connectivity index (χ1v) is 7.93. The molecular weight excluding hydrogens is 242 g/mol. The molecule has 0 spiro atoms. The van der Waals surface area contributed by atoms with Gasteiger partial charge < -0.3 is 0 Å². The van der Waals surface area contributed by atoms with Crippen LogP contribution in [0.15, 0.2) is 6.20 Å². The molecule has 2 saturated heterocycles. The third-order valence-electron chi connectivity index (χ3n) is 4.32. The zero-order valence-corrected chi connectivity index (χ0v) is 12.2. The molecule has 2 fully saturated rings. The van der Waals surface area contributed by atoms with E-state index in [4.69, 9.17) is 0 Å². The summed E-state index contributed by atoms with van der Waals surface area (Å²) in [6.45, 7) is 9.35. The number of aryl methyl sites for hydroxylation is 1. The SMILES string of the molecule is Cc1cnc(CN2CC3CCCCN3CC2C)s1. The Hall–Kier alpha value is -0.450. The van der Waals surface area contributed by atoms with Gasteiger partial charge in [-0.05, 0) is 33.2 Å². The number of hydrogen-bond acceptors (Lipinski definition) is 4. The molecule has 0 aliphatic carbocycles. The van der Waals surface area contributed by atoms with Crippen LogP contribution in [0.3, 0.4) is 0 Å². The lowest BCUT2D eigenvalue weighted by Crippen LogP contribution is -2.58. The highest BCUT2D eigenvalue weighted by Crippen LogP contribution is 2.25. The van der Waals surface area contributed by atoms with E-state index in [2.05, 4.69) is 28.6 Å². The Morgan fingerprint density at radius 3 is 3.06 bits per heavy atom. The summed E-state index contributed by atoms with van der Waals surface area (Å²) in [5.74, 6) is 0. The summed E-state index contributed by atoms with van der Waals surface area (Å²) in [6, 6.07) is 1.47. The van der Waals surface area contributed by atoms with Crippen LogP contribution < -0.4 is 0 Å². The number of rotatable bonds is 2. The van der Waals surface area contributed by atoms with E-state index in [-0.39, 0.29) is 0 Å². The van der Waals surface area contributed by atoms with Crippen LogP contribution in [0.4, 0.5) is 0 Å². The van der Waals surface area contributed by atoms with Crippen LogP contribution in [0.2, 0.25) is 0 Å². The number of aromatic nitrogens is 1. The van der Waals surface area contributed by atoms with Crippen LogP contribution in [0.25, 0.3) is 0 Å². The Kier molecular flexibility index (Phi) is 3.68. The van der Waals surface area contributed by atoms with Gasteiger partial charge in [-0.15, -0.1) is 11.3 Å². The van der Waals surface area contributed by atoms with Crippen LogP contribution >= 0.6 is 11.3 Å². The summed E-state index contributed by atoms with van der Waals surface area (Å²) in [5.41, 5.74) is 0. The minimum Gasteiger partial charge on any atom is -0.298 e. The van der Waals surface area contributed by atoms with E-state index >= 15 is 0 Å². The monoisotopic (exact) mass is 265 g/mol. The second-order valence-corrected chi connectivity index (χ2v) is 7.11.